The topological polar surface area (TPSA) is 71.3 Å². The summed E-state index contributed by atoms with van der Waals surface area (Å²) in [5.41, 5.74) is 0.467. The van der Waals surface area contributed by atoms with Crippen LogP contribution >= 0.6 is 11.6 Å². The molecule has 1 aliphatic heterocycles. The molecule has 3 heterocycles. The molecule has 144 valence electrons. The first-order chi connectivity index (χ1) is 13.5. The monoisotopic (exact) mass is 397 g/mol. The molecule has 0 saturated carbocycles. The number of carbonyl (C=O) groups excluding carboxylic acids is 1. The van der Waals surface area contributed by atoms with Crippen LogP contribution in [0.4, 0.5) is 5.82 Å². The second kappa shape index (κ2) is 7.59. The third-order valence-corrected chi connectivity index (χ3v) is 5.21. The van der Waals surface area contributed by atoms with Gasteiger partial charge in [-0.2, -0.15) is 0 Å². The molecule has 8 heteroatoms. The smallest absolute Gasteiger partial charge is 0.261 e. The molecule has 1 saturated heterocycles. The van der Waals surface area contributed by atoms with Gasteiger partial charge in [-0.15, -0.1) is 0 Å². The Morgan fingerprint density at radius 3 is 2.54 bits per heavy atom. The Hall–Kier alpha value is -2.93. The second-order valence-corrected chi connectivity index (χ2v) is 7.14. The van der Waals surface area contributed by atoms with Gasteiger partial charge in [0.1, 0.15) is 23.3 Å². The van der Waals surface area contributed by atoms with Crippen molar-refractivity contribution in [2.75, 3.05) is 31.1 Å². The average Bonchev–Trinajstić information content (AvgIpc) is 2.71. The van der Waals surface area contributed by atoms with Crippen molar-refractivity contribution in [3.63, 3.8) is 0 Å². The molecule has 1 aromatic carbocycles. The number of aromatic nitrogens is 3. The molecule has 0 unspecified atom stereocenters. The van der Waals surface area contributed by atoms with Gasteiger partial charge in [-0.1, -0.05) is 29.8 Å². The van der Waals surface area contributed by atoms with Crippen molar-refractivity contribution < 1.29 is 4.79 Å². The number of nitrogens with zero attached hydrogens (tertiary/aromatic N) is 5. The molecule has 2 aromatic heterocycles. The minimum absolute atomic E-state index is 0.00207. The molecular formula is C20H20ClN5O2. The molecule has 0 radical (unpaired) electrons. The summed E-state index contributed by atoms with van der Waals surface area (Å²) in [4.78, 5) is 38.2. The molecule has 7 nitrogen and oxygen atoms in total. The lowest BCUT2D eigenvalue weighted by molar-refractivity contribution is -0.132. The van der Waals surface area contributed by atoms with Crippen molar-refractivity contribution in [1.82, 2.24) is 19.4 Å². The fourth-order valence-corrected chi connectivity index (χ4v) is 3.62. The average molecular weight is 398 g/mol. The summed E-state index contributed by atoms with van der Waals surface area (Å²) in [6, 6.07) is 12.7. The fourth-order valence-electron chi connectivity index (χ4n) is 3.46. The van der Waals surface area contributed by atoms with E-state index in [4.69, 9.17) is 11.6 Å². The predicted octanol–water partition coefficient (Wildman–Crippen LogP) is 2.10. The van der Waals surface area contributed by atoms with Crippen LogP contribution in [0.15, 0.2) is 47.3 Å². The summed E-state index contributed by atoms with van der Waals surface area (Å²) >= 11 is 5.96. The number of rotatable bonds is 3. The lowest BCUT2D eigenvalue weighted by Crippen LogP contribution is -2.50. The zero-order valence-corrected chi connectivity index (χ0v) is 16.3. The number of para-hydroxylation sites is 1. The van der Waals surface area contributed by atoms with E-state index in [0.717, 1.165) is 5.82 Å². The van der Waals surface area contributed by atoms with Gasteiger partial charge in [0, 0.05) is 26.2 Å². The maximum absolute atomic E-state index is 12.8. The zero-order valence-electron chi connectivity index (χ0n) is 15.5. The van der Waals surface area contributed by atoms with E-state index in [9.17, 15) is 9.59 Å². The van der Waals surface area contributed by atoms with Crippen LogP contribution in [0.5, 0.6) is 0 Å². The number of piperazine rings is 1. The highest BCUT2D eigenvalue weighted by Gasteiger charge is 2.23. The molecule has 0 spiro atoms. The Kier molecular flexibility index (Phi) is 5.00. The van der Waals surface area contributed by atoms with Crippen molar-refractivity contribution in [3.05, 3.63) is 63.8 Å². The first kappa shape index (κ1) is 18.4. The number of pyridine rings is 1. The van der Waals surface area contributed by atoms with Gasteiger partial charge >= 0.3 is 0 Å². The molecule has 0 N–H and O–H groups in total. The Balaban J connectivity index is 1.47. The van der Waals surface area contributed by atoms with Gasteiger partial charge in [-0.3, -0.25) is 14.2 Å². The molecule has 3 aromatic rings. The van der Waals surface area contributed by atoms with Crippen LogP contribution in [0.25, 0.3) is 10.9 Å². The first-order valence-corrected chi connectivity index (χ1v) is 9.52. The van der Waals surface area contributed by atoms with E-state index in [1.165, 1.54) is 4.57 Å². The highest BCUT2D eigenvalue weighted by atomic mass is 35.5. The number of amides is 1. The molecule has 0 bridgehead atoms. The van der Waals surface area contributed by atoms with Crippen LogP contribution < -0.4 is 10.5 Å². The van der Waals surface area contributed by atoms with E-state index < -0.39 is 0 Å². The lowest BCUT2D eigenvalue weighted by Gasteiger charge is -2.35. The summed E-state index contributed by atoms with van der Waals surface area (Å²) in [7, 11) is 0. The number of aryl methyl sites for hydroxylation is 1. The SMILES string of the molecule is Cc1nc2ccccc2c(=O)n1CC(=O)N1CCN(c2cccc(Cl)n2)CC1. The number of benzene rings is 1. The van der Waals surface area contributed by atoms with Crippen LogP contribution in [0.3, 0.4) is 0 Å². The van der Waals surface area contributed by atoms with Gasteiger partial charge < -0.3 is 9.80 Å². The number of hydrogen-bond donors (Lipinski definition) is 0. The van der Waals surface area contributed by atoms with E-state index in [-0.39, 0.29) is 18.0 Å². The summed E-state index contributed by atoms with van der Waals surface area (Å²) in [6.07, 6.45) is 0. The van der Waals surface area contributed by atoms with E-state index in [1.807, 2.05) is 18.2 Å². The number of halogens is 1. The summed E-state index contributed by atoms with van der Waals surface area (Å²) in [6.45, 7) is 4.23. The molecule has 0 aliphatic carbocycles. The highest BCUT2D eigenvalue weighted by molar-refractivity contribution is 6.29. The van der Waals surface area contributed by atoms with Crippen LogP contribution in [-0.2, 0) is 11.3 Å². The van der Waals surface area contributed by atoms with Crippen LogP contribution in [0.1, 0.15) is 5.82 Å². The predicted molar refractivity (Wildman–Crippen MR) is 109 cm³/mol. The number of anilines is 1. The van der Waals surface area contributed by atoms with Crippen LogP contribution in [0, 0.1) is 6.92 Å². The summed E-state index contributed by atoms with van der Waals surface area (Å²) < 4.78 is 1.45. The maximum Gasteiger partial charge on any atom is 0.261 e. The first-order valence-electron chi connectivity index (χ1n) is 9.14. The molecule has 1 amide bonds. The van der Waals surface area contributed by atoms with Gasteiger partial charge in [0.25, 0.3) is 5.56 Å². The fraction of sp³-hybridized carbons (Fsp3) is 0.300. The highest BCUT2D eigenvalue weighted by Crippen LogP contribution is 2.16. The number of carbonyl (C=O) groups is 1. The molecule has 28 heavy (non-hydrogen) atoms. The Morgan fingerprint density at radius 1 is 1.04 bits per heavy atom. The third-order valence-electron chi connectivity index (χ3n) is 5.00. The largest absolute Gasteiger partial charge is 0.353 e. The van der Waals surface area contributed by atoms with Crippen molar-refractivity contribution in [1.29, 1.82) is 0 Å². The molecule has 1 fully saturated rings. The summed E-state index contributed by atoms with van der Waals surface area (Å²) in [5, 5.41) is 0.979. The zero-order chi connectivity index (χ0) is 19.7. The molecule has 1 aliphatic rings. The van der Waals surface area contributed by atoms with Gasteiger partial charge in [0.2, 0.25) is 5.91 Å². The van der Waals surface area contributed by atoms with E-state index in [2.05, 4.69) is 14.9 Å². The molecule has 0 atom stereocenters. The number of hydrogen-bond acceptors (Lipinski definition) is 5. The minimum atomic E-state index is -0.182. The maximum atomic E-state index is 12.8. The van der Waals surface area contributed by atoms with Crippen molar-refractivity contribution in [2.24, 2.45) is 0 Å². The molecule has 4 rings (SSSR count). The summed E-state index contributed by atoms with van der Waals surface area (Å²) in [5.74, 6) is 1.27. The third kappa shape index (κ3) is 3.57. The Labute approximate surface area is 167 Å². The van der Waals surface area contributed by atoms with E-state index >= 15 is 0 Å². The lowest BCUT2D eigenvalue weighted by atomic mass is 10.2. The minimum Gasteiger partial charge on any atom is -0.353 e. The van der Waals surface area contributed by atoms with Gasteiger partial charge in [0.15, 0.2) is 0 Å². The quantitative estimate of drug-likeness (QED) is 0.633. The second-order valence-electron chi connectivity index (χ2n) is 6.75. The van der Waals surface area contributed by atoms with E-state index in [0.29, 0.717) is 48.1 Å². The van der Waals surface area contributed by atoms with Crippen molar-refractivity contribution >= 4 is 34.2 Å². The Bertz CT molecular complexity index is 1090. The van der Waals surface area contributed by atoms with Gasteiger partial charge in [0.05, 0.1) is 10.9 Å². The van der Waals surface area contributed by atoms with Crippen molar-refractivity contribution in [2.45, 2.75) is 13.5 Å². The normalized spacial score (nSPS) is 14.5. The Morgan fingerprint density at radius 2 is 1.79 bits per heavy atom. The van der Waals surface area contributed by atoms with Crippen LogP contribution in [-0.4, -0.2) is 51.5 Å². The van der Waals surface area contributed by atoms with E-state index in [1.54, 1.807) is 36.1 Å². The van der Waals surface area contributed by atoms with Gasteiger partial charge in [-0.05, 0) is 31.2 Å². The molecular weight excluding hydrogens is 378 g/mol. The van der Waals surface area contributed by atoms with Crippen molar-refractivity contribution in [3.8, 4) is 0 Å². The number of fused-ring (bicyclic) bond motifs is 1. The van der Waals surface area contributed by atoms with Crippen LogP contribution in [0.2, 0.25) is 5.15 Å². The van der Waals surface area contributed by atoms with Gasteiger partial charge in [-0.25, -0.2) is 9.97 Å². The standard InChI is InChI=1S/C20H20ClN5O2/c1-14-22-16-6-3-2-5-15(16)20(28)26(14)13-19(27)25-11-9-24(10-12-25)18-8-4-7-17(21)23-18/h2-8H,9-13H2,1H3.